The molecule has 0 radical (unpaired) electrons. The van der Waals surface area contributed by atoms with E-state index in [1.165, 1.54) is 19.3 Å². The molecule has 0 bridgehead atoms. The molecule has 0 amide bonds. The Morgan fingerprint density at radius 1 is 1.33 bits per heavy atom. The Hall–Kier alpha value is -1.16. The Morgan fingerprint density at radius 3 is 2.93 bits per heavy atom. The summed E-state index contributed by atoms with van der Waals surface area (Å²) in [5, 5.41) is 6.33. The molecule has 0 saturated carbocycles. The van der Waals surface area contributed by atoms with Gasteiger partial charge in [0.05, 0.1) is 6.54 Å². The molecule has 1 rings (SSSR count). The number of aromatic nitrogens is 2. The third-order valence-corrected chi connectivity index (χ3v) is 2.13. The second-order valence-electron chi connectivity index (χ2n) is 3.52. The van der Waals surface area contributed by atoms with E-state index in [1.807, 2.05) is 13.1 Å². The first-order valence-corrected chi connectivity index (χ1v) is 5.57. The number of rotatable bonds is 7. The van der Waals surface area contributed by atoms with Gasteiger partial charge in [-0.1, -0.05) is 19.8 Å². The fraction of sp³-hybridized carbons (Fsp3) is 0.636. The van der Waals surface area contributed by atoms with Crippen molar-refractivity contribution in [2.24, 2.45) is 0 Å². The molecule has 1 aromatic rings. The Kier molecular flexibility index (Phi) is 5.70. The van der Waals surface area contributed by atoms with Crippen molar-refractivity contribution in [3.63, 3.8) is 0 Å². The number of nitrogens with zero attached hydrogens (tertiary/aromatic N) is 2. The van der Waals surface area contributed by atoms with Gasteiger partial charge in [-0.3, -0.25) is 0 Å². The molecule has 0 aliphatic rings. The maximum Gasteiger partial charge on any atom is 0.144 e. The standard InChI is InChI=1S/C11H20N4/c1-3-4-5-7-13-10-6-8-14-11(15-10)9-12-2/h6,8,12H,3-5,7,9H2,1-2H3,(H,13,14,15). The molecule has 0 spiro atoms. The first kappa shape index (κ1) is 11.9. The Balaban J connectivity index is 2.36. The summed E-state index contributed by atoms with van der Waals surface area (Å²) in [5.41, 5.74) is 0. The average molecular weight is 208 g/mol. The summed E-state index contributed by atoms with van der Waals surface area (Å²) in [6, 6.07) is 1.91. The van der Waals surface area contributed by atoms with Crippen LogP contribution in [0, 0.1) is 0 Å². The predicted molar refractivity (Wildman–Crippen MR) is 62.8 cm³/mol. The van der Waals surface area contributed by atoms with Crippen molar-refractivity contribution in [3.05, 3.63) is 18.1 Å². The lowest BCUT2D eigenvalue weighted by atomic mass is 10.2. The van der Waals surface area contributed by atoms with E-state index in [2.05, 4.69) is 27.5 Å². The zero-order valence-electron chi connectivity index (χ0n) is 9.58. The minimum absolute atomic E-state index is 0.713. The number of hydrogen-bond donors (Lipinski definition) is 2. The van der Waals surface area contributed by atoms with E-state index in [1.54, 1.807) is 6.20 Å². The lowest BCUT2D eigenvalue weighted by molar-refractivity contribution is 0.736. The van der Waals surface area contributed by atoms with Crippen molar-refractivity contribution in [1.29, 1.82) is 0 Å². The van der Waals surface area contributed by atoms with Crippen LogP contribution in [0.2, 0.25) is 0 Å². The highest BCUT2D eigenvalue weighted by atomic mass is 15.0. The highest BCUT2D eigenvalue weighted by Crippen LogP contribution is 2.02. The number of hydrogen-bond acceptors (Lipinski definition) is 4. The maximum atomic E-state index is 4.38. The van der Waals surface area contributed by atoms with Crippen molar-refractivity contribution in [2.75, 3.05) is 18.9 Å². The molecule has 1 heterocycles. The van der Waals surface area contributed by atoms with E-state index >= 15 is 0 Å². The second-order valence-corrected chi connectivity index (χ2v) is 3.52. The van der Waals surface area contributed by atoms with Crippen LogP contribution >= 0.6 is 0 Å². The van der Waals surface area contributed by atoms with Crippen molar-refractivity contribution < 1.29 is 0 Å². The summed E-state index contributed by atoms with van der Waals surface area (Å²) in [7, 11) is 1.89. The Bertz CT molecular complexity index is 275. The first-order valence-electron chi connectivity index (χ1n) is 5.57. The van der Waals surface area contributed by atoms with Crippen molar-refractivity contribution in [3.8, 4) is 0 Å². The fourth-order valence-electron chi connectivity index (χ4n) is 1.33. The molecule has 2 N–H and O–H groups in total. The lowest BCUT2D eigenvalue weighted by Gasteiger charge is -2.06. The van der Waals surface area contributed by atoms with Crippen LogP contribution in [0.15, 0.2) is 12.3 Å². The molecule has 0 unspecified atom stereocenters. The molecule has 0 aliphatic heterocycles. The highest BCUT2D eigenvalue weighted by Gasteiger charge is 1.97. The molecule has 0 aromatic carbocycles. The number of unbranched alkanes of at least 4 members (excludes halogenated alkanes) is 2. The van der Waals surface area contributed by atoms with Gasteiger partial charge >= 0.3 is 0 Å². The summed E-state index contributed by atoms with van der Waals surface area (Å²) in [6.07, 6.45) is 5.50. The molecular weight excluding hydrogens is 188 g/mol. The Morgan fingerprint density at radius 2 is 2.20 bits per heavy atom. The third-order valence-electron chi connectivity index (χ3n) is 2.13. The van der Waals surface area contributed by atoms with E-state index in [0.29, 0.717) is 6.54 Å². The van der Waals surface area contributed by atoms with Gasteiger partial charge in [0.15, 0.2) is 0 Å². The average Bonchev–Trinajstić information content (AvgIpc) is 2.26. The molecular formula is C11H20N4. The van der Waals surface area contributed by atoms with Gasteiger partial charge in [-0.25, -0.2) is 9.97 Å². The molecule has 0 fully saturated rings. The summed E-state index contributed by atoms with van der Waals surface area (Å²) >= 11 is 0. The van der Waals surface area contributed by atoms with Gasteiger partial charge < -0.3 is 10.6 Å². The maximum absolute atomic E-state index is 4.38. The zero-order valence-corrected chi connectivity index (χ0v) is 9.58. The SMILES string of the molecule is CCCCCNc1ccnc(CNC)n1. The van der Waals surface area contributed by atoms with Gasteiger partial charge in [-0.05, 0) is 19.5 Å². The lowest BCUT2D eigenvalue weighted by Crippen LogP contribution is -2.11. The quantitative estimate of drug-likeness (QED) is 0.671. The third kappa shape index (κ3) is 4.74. The monoisotopic (exact) mass is 208 g/mol. The van der Waals surface area contributed by atoms with Gasteiger partial charge in [-0.15, -0.1) is 0 Å². The van der Waals surface area contributed by atoms with E-state index in [0.717, 1.165) is 18.2 Å². The topological polar surface area (TPSA) is 49.8 Å². The summed E-state index contributed by atoms with van der Waals surface area (Å²) in [6.45, 7) is 3.91. The molecule has 0 atom stereocenters. The van der Waals surface area contributed by atoms with Crippen LogP contribution in [0.3, 0.4) is 0 Å². The number of anilines is 1. The molecule has 1 aromatic heterocycles. The molecule has 4 nitrogen and oxygen atoms in total. The molecule has 4 heteroatoms. The largest absolute Gasteiger partial charge is 0.370 e. The van der Waals surface area contributed by atoms with E-state index in [9.17, 15) is 0 Å². The fourth-order valence-corrected chi connectivity index (χ4v) is 1.33. The van der Waals surface area contributed by atoms with E-state index in [4.69, 9.17) is 0 Å². The van der Waals surface area contributed by atoms with E-state index in [-0.39, 0.29) is 0 Å². The van der Waals surface area contributed by atoms with Gasteiger partial charge in [0.25, 0.3) is 0 Å². The predicted octanol–water partition coefficient (Wildman–Crippen LogP) is 1.80. The number of nitrogens with one attached hydrogen (secondary N) is 2. The highest BCUT2D eigenvalue weighted by molar-refractivity contribution is 5.32. The van der Waals surface area contributed by atoms with Crippen molar-refractivity contribution in [1.82, 2.24) is 15.3 Å². The summed E-state index contributed by atoms with van der Waals surface area (Å²) in [5.74, 6) is 1.75. The first-order chi connectivity index (χ1) is 7.36. The van der Waals surface area contributed by atoms with Crippen LogP contribution in [0.25, 0.3) is 0 Å². The molecule has 15 heavy (non-hydrogen) atoms. The van der Waals surface area contributed by atoms with Gasteiger partial charge in [0, 0.05) is 12.7 Å². The molecule has 84 valence electrons. The minimum Gasteiger partial charge on any atom is -0.370 e. The molecule has 0 aliphatic carbocycles. The van der Waals surface area contributed by atoms with Crippen LogP contribution < -0.4 is 10.6 Å². The molecule has 0 saturated heterocycles. The van der Waals surface area contributed by atoms with E-state index < -0.39 is 0 Å². The van der Waals surface area contributed by atoms with Crippen LogP contribution in [0.5, 0.6) is 0 Å². The summed E-state index contributed by atoms with van der Waals surface area (Å²) in [4.78, 5) is 8.54. The van der Waals surface area contributed by atoms with Crippen LogP contribution in [-0.2, 0) is 6.54 Å². The van der Waals surface area contributed by atoms with Crippen LogP contribution in [0.4, 0.5) is 5.82 Å². The zero-order chi connectivity index (χ0) is 10.9. The van der Waals surface area contributed by atoms with Gasteiger partial charge in [0.1, 0.15) is 11.6 Å². The minimum atomic E-state index is 0.713. The van der Waals surface area contributed by atoms with Crippen LogP contribution in [-0.4, -0.2) is 23.6 Å². The second kappa shape index (κ2) is 7.17. The summed E-state index contributed by atoms with van der Waals surface area (Å²) < 4.78 is 0. The normalized spacial score (nSPS) is 10.3. The van der Waals surface area contributed by atoms with Crippen LogP contribution in [0.1, 0.15) is 32.0 Å². The smallest absolute Gasteiger partial charge is 0.144 e. The van der Waals surface area contributed by atoms with Gasteiger partial charge in [0.2, 0.25) is 0 Å². The van der Waals surface area contributed by atoms with Crippen molar-refractivity contribution >= 4 is 5.82 Å². The van der Waals surface area contributed by atoms with Gasteiger partial charge in [-0.2, -0.15) is 0 Å². The Labute approximate surface area is 91.5 Å². The van der Waals surface area contributed by atoms with Crippen molar-refractivity contribution in [2.45, 2.75) is 32.7 Å².